The normalized spacial score (nSPS) is 22.3. The Morgan fingerprint density at radius 1 is 1.14 bits per heavy atom. The molecule has 1 unspecified atom stereocenters. The molecule has 0 saturated heterocycles. The fraction of sp³-hybridized carbons (Fsp3) is 1.00. The van der Waals surface area contributed by atoms with E-state index in [9.17, 15) is 13.2 Å². The van der Waals surface area contributed by atoms with Gasteiger partial charge in [-0.3, -0.25) is 0 Å². The molecule has 0 aromatic heterocycles. The molecular weight excluding hydrogens is 191 g/mol. The smallest absolute Gasteiger partial charge is 0.330 e. The summed E-state index contributed by atoms with van der Waals surface area (Å²) >= 11 is 0. The van der Waals surface area contributed by atoms with Gasteiger partial charge < -0.3 is 5.73 Å². The molecule has 1 fully saturated rings. The standard InChI is InChI=1S/C10H18F3N/c11-10(12,13)6-9(7-14)8-4-2-1-3-5-8/h8-9H,1-7,14H2. The van der Waals surface area contributed by atoms with Gasteiger partial charge in [-0.05, 0) is 18.4 Å². The van der Waals surface area contributed by atoms with Crippen molar-refractivity contribution in [2.24, 2.45) is 17.6 Å². The molecule has 0 spiro atoms. The van der Waals surface area contributed by atoms with Gasteiger partial charge in [-0.2, -0.15) is 13.2 Å². The van der Waals surface area contributed by atoms with Gasteiger partial charge in [-0.15, -0.1) is 0 Å². The highest BCUT2D eigenvalue weighted by Crippen LogP contribution is 2.35. The quantitative estimate of drug-likeness (QED) is 0.759. The molecule has 0 aromatic carbocycles. The van der Waals surface area contributed by atoms with Gasteiger partial charge in [0.2, 0.25) is 0 Å². The van der Waals surface area contributed by atoms with Crippen molar-refractivity contribution in [2.45, 2.75) is 44.7 Å². The van der Waals surface area contributed by atoms with Crippen LogP contribution in [0.2, 0.25) is 0 Å². The highest BCUT2D eigenvalue weighted by Gasteiger charge is 2.35. The van der Waals surface area contributed by atoms with Gasteiger partial charge in [0.05, 0.1) is 0 Å². The van der Waals surface area contributed by atoms with Crippen LogP contribution in [-0.4, -0.2) is 12.7 Å². The molecule has 1 aliphatic carbocycles. The predicted molar refractivity (Wildman–Crippen MR) is 49.8 cm³/mol. The highest BCUT2D eigenvalue weighted by atomic mass is 19.4. The third-order valence-corrected chi connectivity index (χ3v) is 3.11. The predicted octanol–water partition coefficient (Wildman–Crippen LogP) is 3.09. The van der Waals surface area contributed by atoms with E-state index in [4.69, 9.17) is 5.73 Å². The number of hydrogen-bond acceptors (Lipinski definition) is 1. The van der Waals surface area contributed by atoms with E-state index in [0.717, 1.165) is 25.7 Å². The summed E-state index contributed by atoms with van der Waals surface area (Å²) in [6.45, 7) is 0.171. The zero-order valence-electron chi connectivity index (χ0n) is 8.32. The average Bonchev–Trinajstić information content (AvgIpc) is 2.14. The second kappa shape index (κ2) is 5.01. The molecule has 0 amide bonds. The van der Waals surface area contributed by atoms with E-state index >= 15 is 0 Å². The van der Waals surface area contributed by atoms with Crippen LogP contribution in [0.1, 0.15) is 38.5 Å². The zero-order valence-corrected chi connectivity index (χ0v) is 8.32. The molecular formula is C10H18F3N. The van der Waals surface area contributed by atoms with Crippen LogP contribution in [0.25, 0.3) is 0 Å². The third-order valence-electron chi connectivity index (χ3n) is 3.11. The molecule has 0 radical (unpaired) electrons. The third kappa shape index (κ3) is 3.86. The van der Waals surface area contributed by atoms with Crippen molar-refractivity contribution >= 4 is 0 Å². The summed E-state index contributed by atoms with van der Waals surface area (Å²) in [7, 11) is 0. The van der Waals surface area contributed by atoms with Crippen LogP contribution in [0.5, 0.6) is 0 Å². The van der Waals surface area contributed by atoms with Crippen molar-refractivity contribution in [1.29, 1.82) is 0 Å². The summed E-state index contributed by atoms with van der Waals surface area (Å²) in [4.78, 5) is 0. The molecule has 0 bridgehead atoms. The van der Waals surface area contributed by atoms with Crippen LogP contribution >= 0.6 is 0 Å². The first-order valence-electron chi connectivity index (χ1n) is 5.30. The number of hydrogen-bond donors (Lipinski definition) is 1. The first-order chi connectivity index (χ1) is 6.53. The molecule has 84 valence electrons. The first-order valence-corrected chi connectivity index (χ1v) is 5.30. The topological polar surface area (TPSA) is 26.0 Å². The van der Waals surface area contributed by atoms with Crippen molar-refractivity contribution in [3.8, 4) is 0 Å². The molecule has 1 nitrogen and oxygen atoms in total. The fourth-order valence-corrected chi connectivity index (χ4v) is 2.35. The lowest BCUT2D eigenvalue weighted by Crippen LogP contribution is -2.30. The van der Waals surface area contributed by atoms with E-state index in [2.05, 4.69) is 0 Å². The molecule has 0 heterocycles. The minimum Gasteiger partial charge on any atom is -0.330 e. The monoisotopic (exact) mass is 209 g/mol. The lowest BCUT2D eigenvalue weighted by atomic mass is 9.78. The SMILES string of the molecule is NCC(CC(F)(F)F)C1CCCCC1. The fourth-order valence-electron chi connectivity index (χ4n) is 2.35. The summed E-state index contributed by atoms with van der Waals surface area (Å²) in [5, 5.41) is 0. The van der Waals surface area contributed by atoms with E-state index in [1.165, 1.54) is 6.42 Å². The molecule has 14 heavy (non-hydrogen) atoms. The van der Waals surface area contributed by atoms with E-state index < -0.39 is 12.6 Å². The van der Waals surface area contributed by atoms with Gasteiger partial charge in [0, 0.05) is 6.42 Å². The van der Waals surface area contributed by atoms with Gasteiger partial charge in [-0.1, -0.05) is 32.1 Å². The number of nitrogens with two attached hydrogens (primary N) is 1. The van der Waals surface area contributed by atoms with Crippen molar-refractivity contribution < 1.29 is 13.2 Å². The molecule has 1 saturated carbocycles. The zero-order chi connectivity index (χ0) is 10.6. The Labute approximate surface area is 82.9 Å². The van der Waals surface area contributed by atoms with E-state index in [0.29, 0.717) is 0 Å². The second-order valence-electron chi connectivity index (χ2n) is 4.21. The Bertz CT molecular complexity index is 161. The molecule has 1 aliphatic rings. The Balaban J connectivity index is 2.43. The largest absolute Gasteiger partial charge is 0.389 e. The van der Waals surface area contributed by atoms with Crippen LogP contribution in [0.4, 0.5) is 13.2 Å². The summed E-state index contributed by atoms with van der Waals surface area (Å²) in [6, 6.07) is 0. The molecule has 4 heteroatoms. The maximum Gasteiger partial charge on any atom is 0.389 e. The Hall–Kier alpha value is -0.250. The van der Waals surface area contributed by atoms with E-state index in [-0.39, 0.29) is 18.4 Å². The Kier molecular flexibility index (Phi) is 4.23. The average molecular weight is 209 g/mol. The highest BCUT2D eigenvalue weighted by molar-refractivity contribution is 4.76. The van der Waals surface area contributed by atoms with Crippen LogP contribution in [-0.2, 0) is 0 Å². The maximum atomic E-state index is 12.2. The van der Waals surface area contributed by atoms with Crippen LogP contribution in [0.3, 0.4) is 0 Å². The van der Waals surface area contributed by atoms with Gasteiger partial charge in [0.25, 0.3) is 0 Å². The number of rotatable bonds is 3. The molecule has 0 aromatic rings. The molecule has 0 aliphatic heterocycles. The van der Waals surface area contributed by atoms with Gasteiger partial charge in [-0.25, -0.2) is 0 Å². The minimum atomic E-state index is -4.05. The lowest BCUT2D eigenvalue weighted by molar-refractivity contribution is -0.148. The van der Waals surface area contributed by atoms with Crippen molar-refractivity contribution in [3.05, 3.63) is 0 Å². The number of alkyl halides is 3. The summed E-state index contributed by atoms with van der Waals surface area (Å²) in [6.07, 6.45) is 0.406. The number of halogens is 3. The van der Waals surface area contributed by atoms with Gasteiger partial charge in [0.1, 0.15) is 0 Å². The van der Waals surface area contributed by atoms with Crippen LogP contribution in [0.15, 0.2) is 0 Å². The van der Waals surface area contributed by atoms with Gasteiger partial charge >= 0.3 is 6.18 Å². The first kappa shape index (κ1) is 11.8. The van der Waals surface area contributed by atoms with Crippen molar-refractivity contribution in [2.75, 3.05) is 6.54 Å². The van der Waals surface area contributed by atoms with Crippen LogP contribution in [0, 0.1) is 11.8 Å². The summed E-state index contributed by atoms with van der Waals surface area (Å²) in [5.41, 5.74) is 5.41. The van der Waals surface area contributed by atoms with E-state index in [1.807, 2.05) is 0 Å². The summed E-state index contributed by atoms with van der Waals surface area (Å²) in [5.74, 6) is -0.148. The molecule has 2 N–H and O–H groups in total. The minimum absolute atomic E-state index is 0.171. The maximum absolute atomic E-state index is 12.2. The second-order valence-corrected chi connectivity index (χ2v) is 4.21. The molecule has 1 atom stereocenters. The Morgan fingerprint density at radius 2 is 1.71 bits per heavy atom. The summed E-state index contributed by atoms with van der Waals surface area (Å²) < 4.78 is 36.6. The lowest BCUT2D eigenvalue weighted by Gasteiger charge is -2.29. The van der Waals surface area contributed by atoms with Gasteiger partial charge in [0.15, 0.2) is 0 Å². The molecule has 1 rings (SSSR count). The van der Waals surface area contributed by atoms with Crippen molar-refractivity contribution in [1.82, 2.24) is 0 Å². The van der Waals surface area contributed by atoms with Crippen LogP contribution < -0.4 is 5.73 Å². The Morgan fingerprint density at radius 3 is 2.14 bits per heavy atom. The van der Waals surface area contributed by atoms with Crippen molar-refractivity contribution in [3.63, 3.8) is 0 Å². The van der Waals surface area contributed by atoms with E-state index in [1.54, 1.807) is 0 Å².